The van der Waals surface area contributed by atoms with Crippen LogP contribution in [-0.2, 0) is 16.6 Å². The summed E-state index contributed by atoms with van der Waals surface area (Å²) in [6, 6.07) is 5.91. The Bertz CT molecular complexity index is 889. The highest BCUT2D eigenvalue weighted by molar-refractivity contribution is 5.92. The van der Waals surface area contributed by atoms with E-state index in [-0.39, 0.29) is 18.1 Å². The van der Waals surface area contributed by atoms with Gasteiger partial charge in [0, 0.05) is 39.1 Å². The van der Waals surface area contributed by atoms with Crippen LogP contribution in [0.1, 0.15) is 10.5 Å². The van der Waals surface area contributed by atoms with Gasteiger partial charge >= 0.3 is 12.1 Å². The summed E-state index contributed by atoms with van der Waals surface area (Å²) < 4.78 is 39.3. The molecule has 2 aliphatic rings. The summed E-state index contributed by atoms with van der Waals surface area (Å²) in [6.07, 6.45) is 0.379. The molecule has 2 aromatic rings. The lowest BCUT2D eigenvalue weighted by Crippen LogP contribution is -2.51. The average molecular weight is 427 g/mol. The summed E-state index contributed by atoms with van der Waals surface area (Å²) in [4.78, 5) is 29.8. The Hall–Kier alpha value is -3.15. The molecule has 1 N–H and O–H groups in total. The molecule has 0 bridgehead atoms. The number of aryl methyl sites for hydroxylation is 1. The first-order chi connectivity index (χ1) is 14.2. The Balaban J connectivity index is 0.000000318. The zero-order chi connectivity index (χ0) is 21.9. The number of carbonyl (C=O) groups is 2. The van der Waals surface area contributed by atoms with Crippen molar-refractivity contribution in [3.63, 3.8) is 0 Å². The monoisotopic (exact) mass is 427 g/mol. The van der Waals surface area contributed by atoms with Gasteiger partial charge < -0.3 is 19.6 Å². The Labute approximate surface area is 169 Å². The highest BCUT2D eigenvalue weighted by Gasteiger charge is 2.42. The number of hydrogen-bond acceptors (Lipinski definition) is 6. The van der Waals surface area contributed by atoms with E-state index in [1.807, 2.05) is 24.2 Å². The number of hydrogen-bond donors (Lipinski definition) is 1. The molecular weight excluding hydrogens is 407 g/mol. The molecule has 0 aromatic carbocycles. The van der Waals surface area contributed by atoms with Crippen LogP contribution in [0.5, 0.6) is 0 Å². The lowest BCUT2D eigenvalue weighted by molar-refractivity contribution is -0.192. The van der Waals surface area contributed by atoms with Gasteiger partial charge in [-0.1, -0.05) is 0 Å². The molecular formula is C18H20F3N5O4. The topological polar surface area (TPSA) is 101 Å². The Morgan fingerprint density at radius 1 is 1.27 bits per heavy atom. The van der Waals surface area contributed by atoms with Crippen LogP contribution in [0.25, 0.3) is 0 Å². The van der Waals surface area contributed by atoms with E-state index in [4.69, 9.17) is 14.6 Å². The van der Waals surface area contributed by atoms with Crippen molar-refractivity contribution in [1.82, 2.24) is 19.7 Å². The predicted molar refractivity (Wildman–Crippen MR) is 97.9 cm³/mol. The second-order valence-electron chi connectivity index (χ2n) is 6.77. The van der Waals surface area contributed by atoms with E-state index in [1.165, 1.54) is 0 Å². The first kappa shape index (κ1) is 21.6. The van der Waals surface area contributed by atoms with Crippen molar-refractivity contribution < 1.29 is 32.6 Å². The summed E-state index contributed by atoms with van der Waals surface area (Å²) in [7, 11) is 1.81. The molecule has 162 valence electrons. The lowest BCUT2D eigenvalue weighted by Gasteiger charge is -2.38. The van der Waals surface area contributed by atoms with Crippen LogP contribution in [-0.4, -0.2) is 81.2 Å². The minimum Gasteiger partial charge on any atom is -0.475 e. The van der Waals surface area contributed by atoms with Crippen molar-refractivity contribution in [3.8, 4) is 0 Å². The third-order valence-corrected chi connectivity index (χ3v) is 4.74. The third kappa shape index (κ3) is 4.87. The van der Waals surface area contributed by atoms with Gasteiger partial charge in [0.1, 0.15) is 5.69 Å². The number of likely N-dealkylation sites (tertiary alicyclic amines) is 1. The summed E-state index contributed by atoms with van der Waals surface area (Å²) in [5.74, 6) is -2.79. The second kappa shape index (κ2) is 8.69. The highest BCUT2D eigenvalue weighted by atomic mass is 19.4. The average Bonchev–Trinajstić information content (AvgIpc) is 3.34. The fraction of sp³-hybridized carbons (Fsp3) is 0.444. The summed E-state index contributed by atoms with van der Waals surface area (Å²) in [5.41, 5.74) is 1.57. The van der Waals surface area contributed by atoms with Gasteiger partial charge in [0.05, 0.1) is 30.6 Å². The maximum Gasteiger partial charge on any atom is 0.490 e. The number of amides is 1. The van der Waals surface area contributed by atoms with Gasteiger partial charge in [-0.15, -0.1) is 0 Å². The van der Waals surface area contributed by atoms with E-state index in [1.54, 1.807) is 23.1 Å². The third-order valence-electron chi connectivity index (χ3n) is 4.74. The van der Waals surface area contributed by atoms with E-state index in [0.29, 0.717) is 25.4 Å². The molecule has 2 atom stereocenters. The van der Waals surface area contributed by atoms with E-state index < -0.39 is 12.1 Å². The molecule has 0 spiro atoms. The Kier molecular flexibility index (Phi) is 6.25. The van der Waals surface area contributed by atoms with Gasteiger partial charge in [-0.05, 0) is 18.2 Å². The van der Waals surface area contributed by atoms with Gasteiger partial charge in [-0.25, -0.2) is 4.79 Å². The van der Waals surface area contributed by atoms with Crippen LogP contribution < -0.4 is 4.90 Å². The first-order valence-electron chi connectivity index (χ1n) is 9.04. The summed E-state index contributed by atoms with van der Waals surface area (Å²) in [5, 5.41) is 11.3. The van der Waals surface area contributed by atoms with Crippen LogP contribution in [0.15, 0.2) is 36.8 Å². The number of carboxylic acid groups (broad SMARTS) is 1. The van der Waals surface area contributed by atoms with Crippen LogP contribution in [0, 0.1) is 0 Å². The number of halogens is 3. The minimum atomic E-state index is -5.08. The number of pyridine rings is 1. The maximum absolute atomic E-state index is 12.6. The molecule has 4 rings (SSSR count). The van der Waals surface area contributed by atoms with Gasteiger partial charge in [-0.3, -0.25) is 14.5 Å². The number of nitrogens with zero attached hydrogens (tertiary/aromatic N) is 5. The highest BCUT2D eigenvalue weighted by Crippen LogP contribution is 2.28. The standard InChI is InChI=1S/C16H19N5O2.C2HF3O2/c1-19-6-4-13(18-19)16(22)20-10-14-15(11-20)23-8-7-21(14)12-3-2-5-17-9-12;3-2(4,5)1(6)7/h2-6,9,14-15H,7-8,10-11H2,1H3;(H,6,7)/t14-,15+;/m1./s1. The largest absolute Gasteiger partial charge is 0.490 e. The SMILES string of the molecule is Cn1ccc(C(=O)N2C[C@@H]3OCCN(c4cccnc4)[C@@H]3C2)n1.O=C(O)C(F)(F)F. The number of rotatable bonds is 2. The lowest BCUT2D eigenvalue weighted by atomic mass is 10.1. The molecule has 9 nitrogen and oxygen atoms in total. The Morgan fingerprint density at radius 3 is 2.57 bits per heavy atom. The Morgan fingerprint density at radius 2 is 2.00 bits per heavy atom. The van der Waals surface area contributed by atoms with E-state index >= 15 is 0 Å². The number of anilines is 1. The van der Waals surface area contributed by atoms with Crippen molar-refractivity contribution >= 4 is 17.6 Å². The van der Waals surface area contributed by atoms with Crippen molar-refractivity contribution in [2.24, 2.45) is 7.05 Å². The van der Waals surface area contributed by atoms with Crippen LogP contribution in [0.2, 0.25) is 0 Å². The van der Waals surface area contributed by atoms with Crippen molar-refractivity contribution in [2.75, 3.05) is 31.1 Å². The molecule has 0 radical (unpaired) electrons. The molecule has 2 aromatic heterocycles. The summed E-state index contributed by atoms with van der Waals surface area (Å²) in [6.45, 7) is 2.74. The summed E-state index contributed by atoms with van der Waals surface area (Å²) >= 11 is 0. The molecule has 12 heteroatoms. The molecule has 0 aliphatic carbocycles. The predicted octanol–water partition coefficient (Wildman–Crippen LogP) is 1.18. The van der Waals surface area contributed by atoms with Crippen molar-refractivity contribution in [3.05, 3.63) is 42.5 Å². The number of alkyl halides is 3. The zero-order valence-electron chi connectivity index (χ0n) is 16.0. The van der Waals surface area contributed by atoms with Gasteiger partial charge in [0.25, 0.3) is 5.91 Å². The van der Waals surface area contributed by atoms with Gasteiger partial charge in [0.2, 0.25) is 0 Å². The molecule has 30 heavy (non-hydrogen) atoms. The maximum atomic E-state index is 12.6. The van der Waals surface area contributed by atoms with E-state index in [0.717, 1.165) is 12.2 Å². The number of carbonyl (C=O) groups excluding carboxylic acids is 1. The molecule has 1 amide bonds. The molecule has 0 unspecified atom stereocenters. The van der Waals surface area contributed by atoms with Crippen LogP contribution in [0.4, 0.5) is 18.9 Å². The smallest absolute Gasteiger partial charge is 0.475 e. The molecule has 2 fully saturated rings. The second-order valence-corrected chi connectivity index (χ2v) is 6.77. The number of aliphatic carboxylic acids is 1. The van der Waals surface area contributed by atoms with E-state index in [9.17, 15) is 18.0 Å². The van der Waals surface area contributed by atoms with Crippen molar-refractivity contribution in [2.45, 2.75) is 18.3 Å². The molecule has 4 heterocycles. The molecule has 0 saturated carbocycles. The number of fused-ring (bicyclic) bond motifs is 1. The normalized spacial score (nSPS) is 20.9. The van der Waals surface area contributed by atoms with Gasteiger partial charge in [-0.2, -0.15) is 18.3 Å². The fourth-order valence-electron chi connectivity index (χ4n) is 3.39. The first-order valence-corrected chi connectivity index (χ1v) is 9.04. The number of carboxylic acids is 1. The van der Waals surface area contributed by atoms with E-state index in [2.05, 4.69) is 21.0 Å². The fourth-order valence-corrected chi connectivity index (χ4v) is 3.39. The zero-order valence-corrected chi connectivity index (χ0v) is 16.0. The van der Waals surface area contributed by atoms with Crippen molar-refractivity contribution in [1.29, 1.82) is 0 Å². The van der Waals surface area contributed by atoms with Crippen LogP contribution in [0.3, 0.4) is 0 Å². The number of morpholine rings is 1. The quantitative estimate of drug-likeness (QED) is 0.768. The minimum absolute atomic E-state index is 0.0327. The molecule has 2 aliphatic heterocycles. The number of ether oxygens (including phenoxy) is 1. The molecule has 2 saturated heterocycles. The van der Waals surface area contributed by atoms with Crippen LogP contribution >= 0.6 is 0 Å². The van der Waals surface area contributed by atoms with Gasteiger partial charge in [0.15, 0.2) is 0 Å². The number of aromatic nitrogens is 3.